The van der Waals surface area contributed by atoms with Gasteiger partial charge in [0, 0.05) is 37.5 Å². The lowest BCUT2D eigenvalue weighted by molar-refractivity contribution is -0.121. The first-order valence-corrected chi connectivity index (χ1v) is 8.04. The van der Waals surface area contributed by atoms with E-state index in [0.29, 0.717) is 28.6 Å². The second kappa shape index (κ2) is 7.85. The van der Waals surface area contributed by atoms with Crippen LogP contribution in [0.2, 0.25) is 5.02 Å². The molecule has 0 bridgehead atoms. The molecule has 1 aromatic heterocycles. The van der Waals surface area contributed by atoms with Crippen molar-refractivity contribution in [2.75, 3.05) is 13.3 Å². The first-order chi connectivity index (χ1) is 12.1. The van der Waals surface area contributed by atoms with E-state index in [1.54, 1.807) is 24.5 Å². The van der Waals surface area contributed by atoms with Crippen LogP contribution >= 0.6 is 11.6 Å². The molecule has 3 rings (SSSR count). The molecule has 130 valence electrons. The van der Waals surface area contributed by atoms with Gasteiger partial charge in [0.25, 0.3) is 5.91 Å². The zero-order valence-electron chi connectivity index (χ0n) is 13.3. The summed E-state index contributed by atoms with van der Waals surface area (Å²) in [6.07, 6.45) is 3.53. The van der Waals surface area contributed by atoms with Crippen LogP contribution < -0.4 is 20.1 Å². The highest BCUT2D eigenvalue weighted by Crippen LogP contribution is 2.39. The van der Waals surface area contributed by atoms with E-state index in [4.69, 9.17) is 21.1 Å². The van der Waals surface area contributed by atoms with Crippen molar-refractivity contribution in [3.05, 3.63) is 52.8 Å². The second-order valence-electron chi connectivity index (χ2n) is 5.34. The van der Waals surface area contributed by atoms with Crippen molar-refractivity contribution in [1.29, 1.82) is 0 Å². The van der Waals surface area contributed by atoms with Crippen LogP contribution in [0, 0.1) is 0 Å². The van der Waals surface area contributed by atoms with Gasteiger partial charge in [0.05, 0.1) is 5.02 Å². The molecule has 2 N–H and O–H groups in total. The molecule has 7 nitrogen and oxygen atoms in total. The fourth-order valence-corrected chi connectivity index (χ4v) is 2.55. The minimum atomic E-state index is -0.333. The van der Waals surface area contributed by atoms with Gasteiger partial charge in [-0.05, 0) is 23.8 Å². The quantitative estimate of drug-likeness (QED) is 0.820. The largest absolute Gasteiger partial charge is 0.454 e. The van der Waals surface area contributed by atoms with Gasteiger partial charge in [-0.25, -0.2) is 0 Å². The van der Waals surface area contributed by atoms with Crippen LogP contribution in [0.5, 0.6) is 11.5 Å². The van der Waals surface area contributed by atoms with Crippen LogP contribution in [0.4, 0.5) is 0 Å². The van der Waals surface area contributed by atoms with E-state index in [1.165, 1.54) is 6.07 Å². The number of amides is 2. The van der Waals surface area contributed by atoms with Crippen LogP contribution in [-0.2, 0) is 11.3 Å². The fraction of sp³-hybridized carbons (Fsp3) is 0.235. The van der Waals surface area contributed by atoms with Gasteiger partial charge >= 0.3 is 0 Å². The van der Waals surface area contributed by atoms with Crippen molar-refractivity contribution in [2.24, 2.45) is 0 Å². The molecule has 0 fully saturated rings. The highest BCUT2D eigenvalue weighted by Gasteiger charge is 2.20. The highest BCUT2D eigenvalue weighted by atomic mass is 35.5. The van der Waals surface area contributed by atoms with E-state index in [-0.39, 0.29) is 31.6 Å². The molecule has 0 spiro atoms. The van der Waals surface area contributed by atoms with E-state index in [9.17, 15) is 9.59 Å². The number of benzene rings is 1. The summed E-state index contributed by atoms with van der Waals surface area (Å²) in [5.74, 6) is 0.382. The molecule has 0 saturated heterocycles. The zero-order valence-corrected chi connectivity index (χ0v) is 14.0. The van der Waals surface area contributed by atoms with Crippen LogP contribution in [0.1, 0.15) is 22.3 Å². The van der Waals surface area contributed by atoms with Crippen LogP contribution in [0.15, 0.2) is 36.7 Å². The number of rotatable bonds is 6. The first kappa shape index (κ1) is 17.0. The third kappa shape index (κ3) is 4.39. The number of hydrogen-bond donors (Lipinski definition) is 2. The molecule has 1 aromatic carbocycles. The molecule has 2 amide bonds. The Morgan fingerprint density at radius 3 is 2.92 bits per heavy atom. The Labute approximate surface area is 149 Å². The lowest BCUT2D eigenvalue weighted by Crippen LogP contribution is -2.30. The monoisotopic (exact) mass is 361 g/mol. The average molecular weight is 362 g/mol. The van der Waals surface area contributed by atoms with Crippen molar-refractivity contribution in [3.63, 3.8) is 0 Å². The van der Waals surface area contributed by atoms with Gasteiger partial charge in [-0.15, -0.1) is 0 Å². The van der Waals surface area contributed by atoms with Crippen LogP contribution in [0.25, 0.3) is 0 Å². The van der Waals surface area contributed by atoms with Gasteiger partial charge < -0.3 is 20.1 Å². The minimum Gasteiger partial charge on any atom is -0.454 e. The molecule has 0 saturated carbocycles. The van der Waals surface area contributed by atoms with Crippen molar-refractivity contribution >= 4 is 23.4 Å². The number of carbonyl (C=O) groups excluding carboxylic acids is 2. The molecule has 0 atom stereocenters. The van der Waals surface area contributed by atoms with Crippen LogP contribution in [-0.4, -0.2) is 30.1 Å². The molecule has 1 aliphatic rings. The molecule has 0 aliphatic carbocycles. The molecule has 8 heteroatoms. The lowest BCUT2D eigenvalue weighted by Gasteiger charge is -2.08. The summed E-state index contributed by atoms with van der Waals surface area (Å²) < 4.78 is 10.4. The number of fused-ring (bicyclic) bond motifs is 1. The number of carbonyl (C=O) groups is 2. The van der Waals surface area contributed by atoms with E-state index in [2.05, 4.69) is 15.6 Å². The molecule has 0 unspecified atom stereocenters. The highest BCUT2D eigenvalue weighted by molar-refractivity contribution is 6.32. The summed E-state index contributed by atoms with van der Waals surface area (Å²) >= 11 is 6.05. The normalized spacial score (nSPS) is 11.9. The third-order valence-electron chi connectivity index (χ3n) is 3.54. The van der Waals surface area contributed by atoms with Crippen molar-refractivity contribution in [3.8, 4) is 11.5 Å². The van der Waals surface area contributed by atoms with Gasteiger partial charge in [-0.1, -0.05) is 17.7 Å². The van der Waals surface area contributed by atoms with Crippen molar-refractivity contribution in [1.82, 2.24) is 15.6 Å². The standard InChI is InChI=1S/C17H16ClN3O4/c18-13-6-12(7-14-16(13)25-10-24-14)17(23)20-5-3-15(22)21-9-11-2-1-4-19-8-11/h1-2,4,6-8H,3,5,9-10H2,(H,20,23)(H,21,22). The Kier molecular flexibility index (Phi) is 5.35. The van der Waals surface area contributed by atoms with Gasteiger partial charge in [-0.3, -0.25) is 14.6 Å². The predicted octanol–water partition coefficient (Wildman–Crippen LogP) is 1.90. The van der Waals surface area contributed by atoms with Crippen molar-refractivity contribution < 1.29 is 19.1 Å². The Hall–Kier alpha value is -2.80. The number of aromatic nitrogens is 1. The molecular weight excluding hydrogens is 346 g/mol. The first-order valence-electron chi connectivity index (χ1n) is 7.66. The van der Waals surface area contributed by atoms with Gasteiger partial charge in [0.15, 0.2) is 11.5 Å². The molecule has 0 radical (unpaired) electrons. The summed E-state index contributed by atoms with van der Waals surface area (Å²) in [5.41, 5.74) is 1.26. The Bertz CT molecular complexity index is 783. The summed E-state index contributed by atoms with van der Waals surface area (Å²) in [6.45, 7) is 0.694. The number of hydrogen-bond acceptors (Lipinski definition) is 5. The van der Waals surface area contributed by atoms with E-state index in [0.717, 1.165) is 5.56 Å². The number of ether oxygens (including phenoxy) is 2. The maximum atomic E-state index is 12.2. The van der Waals surface area contributed by atoms with Gasteiger partial charge in [0.2, 0.25) is 12.7 Å². The average Bonchev–Trinajstić information content (AvgIpc) is 3.10. The van der Waals surface area contributed by atoms with E-state index >= 15 is 0 Å². The topological polar surface area (TPSA) is 89.6 Å². The number of nitrogens with one attached hydrogen (secondary N) is 2. The van der Waals surface area contributed by atoms with Gasteiger partial charge in [-0.2, -0.15) is 0 Å². The maximum Gasteiger partial charge on any atom is 0.251 e. The summed E-state index contributed by atoms with van der Waals surface area (Å²) in [7, 11) is 0. The predicted molar refractivity (Wildman–Crippen MR) is 90.6 cm³/mol. The molecule has 25 heavy (non-hydrogen) atoms. The van der Waals surface area contributed by atoms with Gasteiger partial charge in [0.1, 0.15) is 0 Å². The SMILES string of the molecule is O=C(CCNC(=O)c1cc(Cl)c2c(c1)OCO2)NCc1cccnc1. The molecular formula is C17H16ClN3O4. The number of halogens is 1. The number of nitrogens with zero attached hydrogens (tertiary/aromatic N) is 1. The minimum absolute atomic E-state index is 0.0806. The maximum absolute atomic E-state index is 12.2. The summed E-state index contributed by atoms with van der Waals surface area (Å²) in [6, 6.07) is 6.75. The third-order valence-corrected chi connectivity index (χ3v) is 3.82. The molecule has 2 aromatic rings. The summed E-state index contributed by atoms with van der Waals surface area (Å²) in [4.78, 5) is 27.9. The molecule has 2 heterocycles. The number of pyridine rings is 1. The Morgan fingerprint density at radius 2 is 2.12 bits per heavy atom. The second-order valence-corrected chi connectivity index (χ2v) is 5.74. The Balaban J connectivity index is 1.45. The van der Waals surface area contributed by atoms with E-state index < -0.39 is 0 Å². The van der Waals surface area contributed by atoms with E-state index in [1.807, 2.05) is 6.07 Å². The zero-order chi connectivity index (χ0) is 17.6. The smallest absolute Gasteiger partial charge is 0.251 e. The fourth-order valence-electron chi connectivity index (χ4n) is 2.28. The summed E-state index contributed by atoms with van der Waals surface area (Å²) in [5, 5.41) is 5.76. The lowest BCUT2D eigenvalue weighted by atomic mass is 10.2. The Morgan fingerprint density at radius 1 is 1.24 bits per heavy atom. The molecule has 1 aliphatic heterocycles. The van der Waals surface area contributed by atoms with Crippen molar-refractivity contribution in [2.45, 2.75) is 13.0 Å². The van der Waals surface area contributed by atoms with Crippen LogP contribution in [0.3, 0.4) is 0 Å².